The minimum atomic E-state index is -3.30. The maximum absolute atomic E-state index is 11.3. The Labute approximate surface area is 74.0 Å². The van der Waals surface area contributed by atoms with Crippen molar-refractivity contribution >= 4 is 10.0 Å². The zero-order chi connectivity index (χ0) is 9.99. The Bertz CT molecular complexity index is 226. The van der Waals surface area contributed by atoms with Crippen LogP contribution in [-0.4, -0.2) is 30.9 Å². The SMILES string of the molecule is CC(O)CNS(=O)(=O)C(C)(C)C. The van der Waals surface area contributed by atoms with Crippen LogP contribution in [0.2, 0.25) is 0 Å². The van der Waals surface area contributed by atoms with Crippen molar-refractivity contribution in [2.75, 3.05) is 6.54 Å². The molecule has 0 bridgehead atoms. The van der Waals surface area contributed by atoms with Crippen LogP contribution in [0, 0.1) is 0 Å². The lowest BCUT2D eigenvalue weighted by Gasteiger charge is -2.20. The van der Waals surface area contributed by atoms with Crippen molar-refractivity contribution in [3.8, 4) is 0 Å². The van der Waals surface area contributed by atoms with Crippen molar-refractivity contribution < 1.29 is 13.5 Å². The van der Waals surface area contributed by atoms with E-state index in [1.54, 1.807) is 20.8 Å². The van der Waals surface area contributed by atoms with Crippen LogP contribution in [0.15, 0.2) is 0 Å². The van der Waals surface area contributed by atoms with Gasteiger partial charge >= 0.3 is 0 Å². The Hall–Kier alpha value is -0.130. The summed E-state index contributed by atoms with van der Waals surface area (Å²) in [4.78, 5) is 0. The standard InChI is InChI=1S/C7H17NO3S/c1-6(9)5-8-12(10,11)7(2,3)4/h6,8-9H,5H2,1-4H3. The number of rotatable bonds is 3. The van der Waals surface area contributed by atoms with E-state index in [4.69, 9.17) is 5.11 Å². The van der Waals surface area contributed by atoms with Gasteiger partial charge in [-0.2, -0.15) is 0 Å². The van der Waals surface area contributed by atoms with Crippen LogP contribution in [-0.2, 0) is 10.0 Å². The second-order valence-electron chi connectivity index (χ2n) is 3.81. The van der Waals surface area contributed by atoms with Crippen LogP contribution in [0.1, 0.15) is 27.7 Å². The molecule has 0 amide bonds. The smallest absolute Gasteiger partial charge is 0.216 e. The molecule has 12 heavy (non-hydrogen) atoms. The summed E-state index contributed by atoms with van der Waals surface area (Å²) in [6.45, 7) is 6.43. The van der Waals surface area contributed by atoms with E-state index in [-0.39, 0.29) is 6.54 Å². The Kier molecular flexibility index (Phi) is 3.68. The first-order valence-electron chi connectivity index (χ1n) is 3.84. The number of hydrogen-bond donors (Lipinski definition) is 2. The normalized spacial score (nSPS) is 16.1. The molecule has 0 aromatic rings. The van der Waals surface area contributed by atoms with Gasteiger partial charge in [0.2, 0.25) is 10.0 Å². The summed E-state index contributed by atoms with van der Waals surface area (Å²) in [5, 5.41) is 8.85. The summed E-state index contributed by atoms with van der Waals surface area (Å²) in [7, 11) is -3.30. The van der Waals surface area contributed by atoms with Crippen molar-refractivity contribution in [1.29, 1.82) is 0 Å². The lowest BCUT2D eigenvalue weighted by Crippen LogP contribution is -2.42. The molecule has 0 aliphatic carbocycles. The van der Waals surface area contributed by atoms with Crippen LogP contribution in [0.25, 0.3) is 0 Å². The van der Waals surface area contributed by atoms with Gasteiger partial charge in [0.1, 0.15) is 0 Å². The summed E-state index contributed by atoms with van der Waals surface area (Å²) in [5.41, 5.74) is 0. The second-order valence-corrected chi connectivity index (χ2v) is 6.33. The molecule has 0 aliphatic rings. The van der Waals surface area contributed by atoms with Gasteiger partial charge < -0.3 is 5.11 Å². The van der Waals surface area contributed by atoms with E-state index in [2.05, 4.69) is 4.72 Å². The largest absolute Gasteiger partial charge is 0.392 e. The highest BCUT2D eigenvalue weighted by molar-refractivity contribution is 7.90. The number of nitrogens with one attached hydrogen (secondary N) is 1. The van der Waals surface area contributed by atoms with Gasteiger partial charge in [0.05, 0.1) is 10.9 Å². The molecule has 0 radical (unpaired) electrons. The molecule has 74 valence electrons. The molecule has 0 rings (SSSR count). The maximum Gasteiger partial charge on any atom is 0.216 e. The molecule has 0 heterocycles. The molecule has 1 unspecified atom stereocenters. The molecule has 0 aromatic heterocycles. The zero-order valence-corrected chi connectivity index (χ0v) is 8.77. The third-order valence-corrected chi connectivity index (χ3v) is 3.53. The maximum atomic E-state index is 11.3. The average molecular weight is 195 g/mol. The molecular weight excluding hydrogens is 178 g/mol. The molecular formula is C7H17NO3S. The average Bonchev–Trinajstić information content (AvgIpc) is 1.81. The fourth-order valence-corrected chi connectivity index (χ4v) is 1.34. The van der Waals surface area contributed by atoms with E-state index in [1.165, 1.54) is 6.92 Å². The van der Waals surface area contributed by atoms with Gasteiger partial charge in [-0.3, -0.25) is 0 Å². The van der Waals surface area contributed by atoms with Crippen LogP contribution in [0.4, 0.5) is 0 Å². The van der Waals surface area contributed by atoms with E-state index < -0.39 is 20.9 Å². The van der Waals surface area contributed by atoms with Gasteiger partial charge in [-0.05, 0) is 27.7 Å². The molecule has 5 heteroatoms. The van der Waals surface area contributed by atoms with Crippen molar-refractivity contribution in [1.82, 2.24) is 4.72 Å². The Morgan fingerprint density at radius 2 is 1.83 bits per heavy atom. The minimum absolute atomic E-state index is 0.0691. The van der Waals surface area contributed by atoms with Crippen LogP contribution in [0.3, 0.4) is 0 Å². The summed E-state index contributed by atoms with van der Waals surface area (Å²) in [5.74, 6) is 0. The number of hydrogen-bond acceptors (Lipinski definition) is 3. The van der Waals surface area contributed by atoms with Gasteiger partial charge in [-0.1, -0.05) is 0 Å². The van der Waals surface area contributed by atoms with Crippen molar-refractivity contribution in [2.24, 2.45) is 0 Å². The van der Waals surface area contributed by atoms with E-state index in [9.17, 15) is 8.42 Å². The molecule has 0 spiro atoms. The topological polar surface area (TPSA) is 66.4 Å². The van der Waals surface area contributed by atoms with Gasteiger partial charge in [-0.15, -0.1) is 0 Å². The molecule has 0 saturated carbocycles. The number of sulfonamides is 1. The summed E-state index contributed by atoms with van der Waals surface area (Å²) >= 11 is 0. The lowest BCUT2D eigenvalue weighted by molar-refractivity contribution is 0.198. The van der Waals surface area contributed by atoms with Crippen LogP contribution in [0.5, 0.6) is 0 Å². The number of aliphatic hydroxyl groups is 1. The predicted octanol–water partition coefficient (Wildman–Crippen LogP) is 0.0851. The zero-order valence-electron chi connectivity index (χ0n) is 7.96. The highest BCUT2D eigenvalue weighted by Gasteiger charge is 2.28. The van der Waals surface area contributed by atoms with Gasteiger partial charge in [0.15, 0.2) is 0 Å². The monoisotopic (exact) mass is 195 g/mol. The summed E-state index contributed by atoms with van der Waals surface area (Å²) < 4.78 is 24.2. The summed E-state index contributed by atoms with van der Waals surface area (Å²) in [6.07, 6.45) is -0.651. The third-order valence-electron chi connectivity index (χ3n) is 1.37. The fourth-order valence-electron chi connectivity index (χ4n) is 0.447. The van der Waals surface area contributed by atoms with Crippen LogP contribution >= 0.6 is 0 Å². The highest BCUT2D eigenvalue weighted by atomic mass is 32.2. The summed E-state index contributed by atoms with van der Waals surface area (Å²) in [6, 6.07) is 0. The Morgan fingerprint density at radius 3 is 2.08 bits per heavy atom. The molecule has 0 aromatic carbocycles. The molecule has 1 atom stereocenters. The third kappa shape index (κ3) is 3.51. The van der Waals surface area contributed by atoms with E-state index in [0.29, 0.717) is 0 Å². The van der Waals surface area contributed by atoms with Crippen molar-refractivity contribution in [3.63, 3.8) is 0 Å². The molecule has 4 nitrogen and oxygen atoms in total. The Balaban J connectivity index is 4.27. The van der Waals surface area contributed by atoms with Gasteiger partial charge in [0.25, 0.3) is 0 Å². The fraction of sp³-hybridized carbons (Fsp3) is 1.00. The van der Waals surface area contributed by atoms with E-state index >= 15 is 0 Å². The molecule has 0 aliphatic heterocycles. The molecule has 0 saturated heterocycles. The van der Waals surface area contributed by atoms with E-state index in [1.807, 2.05) is 0 Å². The second kappa shape index (κ2) is 3.72. The Morgan fingerprint density at radius 1 is 1.42 bits per heavy atom. The first-order valence-corrected chi connectivity index (χ1v) is 5.32. The molecule has 0 fully saturated rings. The first-order chi connectivity index (χ1) is 5.17. The van der Waals surface area contributed by atoms with Gasteiger partial charge in [0, 0.05) is 6.54 Å². The van der Waals surface area contributed by atoms with Gasteiger partial charge in [-0.25, -0.2) is 13.1 Å². The quantitative estimate of drug-likeness (QED) is 0.670. The first kappa shape index (κ1) is 11.9. The van der Waals surface area contributed by atoms with Crippen molar-refractivity contribution in [2.45, 2.75) is 38.5 Å². The van der Waals surface area contributed by atoms with Crippen LogP contribution < -0.4 is 4.72 Å². The predicted molar refractivity (Wildman–Crippen MR) is 48.4 cm³/mol. The molecule has 2 N–H and O–H groups in total. The lowest BCUT2D eigenvalue weighted by atomic mass is 10.3. The van der Waals surface area contributed by atoms with Crippen molar-refractivity contribution in [3.05, 3.63) is 0 Å². The number of aliphatic hydroxyl groups excluding tert-OH is 1. The highest BCUT2D eigenvalue weighted by Crippen LogP contribution is 2.12. The minimum Gasteiger partial charge on any atom is -0.392 e. The van der Waals surface area contributed by atoms with E-state index in [0.717, 1.165) is 0 Å².